The molecule has 3 rings (SSSR count). The Kier molecular flexibility index (Phi) is 7.80. The predicted octanol–water partition coefficient (Wildman–Crippen LogP) is 4.86. The lowest BCUT2D eigenvalue weighted by Gasteiger charge is -2.17. The number of nitrogens with zero attached hydrogens (tertiary/aromatic N) is 3. The average molecular weight is 420 g/mol. The summed E-state index contributed by atoms with van der Waals surface area (Å²) in [4.78, 5) is 11.7. The molecule has 0 bridgehead atoms. The first-order valence-electron chi connectivity index (χ1n) is 10.8. The molecule has 0 radical (unpaired) electrons. The minimum Gasteiger partial charge on any atom is -0.466 e. The minimum absolute atomic E-state index is 0.158. The van der Waals surface area contributed by atoms with Gasteiger partial charge in [-0.15, -0.1) is 0 Å². The van der Waals surface area contributed by atoms with Gasteiger partial charge in [0.05, 0.1) is 36.1 Å². The minimum atomic E-state index is -0.158. The van der Waals surface area contributed by atoms with E-state index in [1.54, 1.807) is 7.11 Å². The van der Waals surface area contributed by atoms with Gasteiger partial charge < -0.3 is 9.47 Å². The molecule has 6 heteroatoms. The highest BCUT2D eigenvalue weighted by atomic mass is 16.5. The standard InChI is InChI=1S/C25H29N3O3/c1-4-20-13-14-23-25(19-10-8-9-18(15-19)16-26)21(22(17-30-3)27-28(20)23)11-6-7-12-24(29)31-5-2/h8-10,13-15H,4-7,11-12,17H2,1-3H3. The number of unbranched alkanes of at least 4 members (excludes halogenated alkanes) is 1. The Morgan fingerprint density at radius 3 is 2.74 bits per heavy atom. The number of benzene rings is 1. The maximum atomic E-state index is 11.7. The normalized spacial score (nSPS) is 10.9. The number of aryl methyl sites for hydroxylation is 1. The molecule has 162 valence electrons. The van der Waals surface area contributed by atoms with E-state index < -0.39 is 0 Å². The van der Waals surface area contributed by atoms with E-state index in [-0.39, 0.29) is 5.97 Å². The Hall–Kier alpha value is -3.17. The van der Waals surface area contributed by atoms with E-state index >= 15 is 0 Å². The summed E-state index contributed by atoms with van der Waals surface area (Å²) < 4.78 is 12.5. The summed E-state index contributed by atoms with van der Waals surface area (Å²) in [7, 11) is 1.67. The van der Waals surface area contributed by atoms with Crippen molar-refractivity contribution in [2.75, 3.05) is 13.7 Å². The van der Waals surface area contributed by atoms with Crippen LogP contribution in [0.2, 0.25) is 0 Å². The average Bonchev–Trinajstić information content (AvgIpc) is 3.19. The summed E-state index contributed by atoms with van der Waals surface area (Å²) in [5, 5.41) is 14.3. The van der Waals surface area contributed by atoms with Crippen molar-refractivity contribution in [2.45, 2.75) is 52.6 Å². The number of methoxy groups -OCH3 is 1. The van der Waals surface area contributed by atoms with E-state index in [1.165, 1.54) is 0 Å². The monoisotopic (exact) mass is 419 g/mol. The zero-order valence-corrected chi connectivity index (χ0v) is 18.5. The number of rotatable bonds is 10. The molecule has 2 aromatic heterocycles. The van der Waals surface area contributed by atoms with Crippen molar-refractivity contribution >= 4 is 11.5 Å². The van der Waals surface area contributed by atoms with Gasteiger partial charge in [-0.25, -0.2) is 4.52 Å². The quantitative estimate of drug-likeness (QED) is 0.346. The van der Waals surface area contributed by atoms with Crippen LogP contribution in [0.4, 0.5) is 0 Å². The lowest BCUT2D eigenvalue weighted by atomic mass is 9.93. The topological polar surface area (TPSA) is 76.6 Å². The van der Waals surface area contributed by atoms with Crippen molar-refractivity contribution in [2.24, 2.45) is 0 Å². The Balaban J connectivity index is 2.07. The molecule has 0 fully saturated rings. The zero-order chi connectivity index (χ0) is 22.2. The number of esters is 1. The smallest absolute Gasteiger partial charge is 0.305 e. The molecule has 6 nitrogen and oxygen atoms in total. The lowest BCUT2D eigenvalue weighted by Crippen LogP contribution is -2.10. The SMILES string of the molecule is CCOC(=O)CCCCc1c(COC)nn2c(CC)ccc2c1-c1cccc(C#N)c1. The van der Waals surface area contributed by atoms with Crippen LogP contribution in [0.15, 0.2) is 36.4 Å². The molecule has 0 aliphatic carbocycles. The van der Waals surface area contributed by atoms with Crippen LogP contribution in [0, 0.1) is 11.3 Å². The summed E-state index contributed by atoms with van der Waals surface area (Å²) in [5.41, 5.74) is 6.82. The van der Waals surface area contributed by atoms with Crippen LogP contribution >= 0.6 is 0 Å². The maximum absolute atomic E-state index is 11.7. The molecule has 1 aromatic carbocycles. The van der Waals surface area contributed by atoms with Crippen molar-refractivity contribution in [1.29, 1.82) is 5.26 Å². The molecule has 0 unspecified atom stereocenters. The van der Waals surface area contributed by atoms with Gasteiger partial charge >= 0.3 is 5.97 Å². The van der Waals surface area contributed by atoms with Crippen LogP contribution in [-0.4, -0.2) is 29.3 Å². The molecule has 0 atom stereocenters. The third-order valence-electron chi connectivity index (χ3n) is 5.35. The van der Waals surface area contributed by atoms with E-state index in [2.05, 4.69) is 25.1 Å². The first-order chi connectivity index (χ1) is 15.1. The van der Waals surface area contributed by atoms with E-state index in [9.17, 15) is 10.1 Å². The largest absolute Gasteiger partial charge is 0.466 e. The summed E-state index contributed by atoms with van der Waals surface area (Å²) in [6.07, 6.45) is 3.62. The van der Waals surface area contributed by atoms with Crippen molar-refractivity contribution in [1.82, 2.24) is 9.61 Å². The third-order valence-corrected chi connectivity index (χ3v) is 5.35. The van der Waals surface area contributed by atoms with Gasteiger partial charge in [0.15, 0.2) is 0 Å². The molecule has 0 saturated carbocycles. The van der Waals surface area contributed by atoms with Gasteiger partial charge in [0, 0.05) is 24.8 Å². The number of hydrogen-bond donors (Lipinski definition) is 0. The molecule has 0 aliphatic heterocycles. The van der Waals surface area contributed by atoms with Gasteiger partial charge in [0.2, 0.25) is 0 Å². The molecule has 2 heterocycles. The number of fused-ring (bicyclic) bond motifs is 1. The fraction of sp³-hybridized carbons (Fsp3) is 0.400. The van der Waals surface area contributed by atoms with Crippen molar-refractivity contribution in [3.63, 3.8) is 0 Å². The molecule has 0 saturated heterocycles. The summed E-state index contributed by atoms with van der Waals surface area (Å²) in [6, 6.07) is 14.1. The lowest BCUT2D eigenvalue weighted by molar-refractivity contribution is -0.143. The van der Waals surface area contributed by atoms with E-state index in [4.69, 9.17) is 14.6 Å². The maximum Gasteiger partial charge on any atom is 0.305 e. The number of hydrogen-bond acceptors (Lipinski definition) is 5. The van der Waals surface area contributed by atoms with Crippen molar-refractivity contribution < 1.29 is 14.3 Å². The summed E-state index contributed by atoms with van der Waals surface area (Å²) >= 11 is 0. The van der Waals surface area contributed by atoms with Crippen LogP contribution in [-0.2, 0) is 33.7 Å². The highest BCUT2D eigenvalue weighted by Crippen LogP contribution is 2.33. The second kappa shape index (κ2) is 10.7. The third kappa shape index (κ3) is 5.12. The zero-order valence-electron chi connectivity index (χ0n) is 18.5. The van der Waals surface area contributed by atoms with Crippen molar-refractivity contribution in [3.8, 4) is 17.2 Å². The number of carbonyl (C=O) groups is 1. The van der Waals surface area contributed by atoms with Crippen molar-refractivity contribution in [3.05, 3.63) is 58.9 Å². The molecule has 0 N–H and O–H groups in total. The fourth-order valence-corrected chi connectivity index (χ4v) is 3.92. The molecule has 0 spiro atoms. The number of aromatic nitrogens is 2. The summed E-state index contributed by atoms with van der Waals surface area (Å²) in [5.74, 6) is -0.158. The summed E-state index contributed by atoms with van der Waals surface area (Å²) in [6.45, 7) is 4.73. The Labute approximate surface area is 183 Å². The van der Waals surface area contributed by atoms with Gasteiger partial charge in [-0.3, -0.25) is 4.79 Å². The van der Waals surface area contributed by atoms with Gasteiger partial charge in [-0.05, 0) is 68.0 Å². The molecule has 31 heavy (non-hydrogen) atoms. The Bertz CT molecular complexity index is 1100. The van der Waals surface area contributed by atoms with E-state index in [0.717, 1.165) is 59.3 Å². The second-order valence-electron chi connectivity index (χ2n) is 7.41. The molecule has 0 amide bonds. The number of ether oxygens (including phenoxy) is 2. The van der Waals surface area contributed by atoms with Gasteiger partial charge in [-0.1, -0.05) is 19.1 Å². The molecule has 0 aliphatic rings. The van der Waals surface area contributed by atoms with Crippen LogP contribution in [0.1, 0.15) is 55.6 Å². The predicted molar refractivity (Wildman–Crippen MR) is 120 cm³/mol. The number of nitriles is 1. The van der Waals surface area contributed by atoms with Crippen LogP contribution < -0.4 is 0 Å². The number of carbonyl (C=O) groups excluding carboxylic acids is 1. The van der Waals surface area contributed by atoms with E-state index in [0.29, 0.717) is 25.2 Å². The van der Waals surface area contributed by atoms with Crippen LogP contribution in [0.5, 0.6) is 0 Å². The highest BCUT2D eigenvalue weighted by molar-refractivity contribution is 5.84. The second-order valence-corrected chi connectivity index (χ2v) is 7.41. The van der Waals surface area contributed by atoms with Crippen LogP contribution in [0.25, 0.3) is 16.6 Å². The van der Waals surface area contributed by atoms with Gasteiger partial charge in [0.25, 0.3) is 0 Å². The first-order valence-corrected chi connectivity index (χ1v) is 10.8. The molecule has 3 aromatic rings. The Morgan fingerprint density at radius 1 is 1.19 bits per heavy atom. The van der Waals surface area contributed by atoms with Gasteiger partial charge in [0.1, 0.15) is 0 Å². The van der Waals surface area contributed by atoms with E-state index in [1.807, 2.05) is 35.7 Å². The fourth-order valence-electron chi connectivity index (χ4n) is 3.92. The van der Waals surface area contributed by atoms with Gasteiger partial charge in [-0.2, -0.15) is 10.4 Å². The Morgan fingerprint density at radius 2 is 2.03 bits per heavy atom. The van der Waals surface area contributed by atoms with Crippen LogP contribution in [0.3, 0.4) is 0 Å². The highest BCUT2D eigenvalue weighted by Gasteiger charge is 2.19. The molecular formula is C25H29N3O3. The first kappa shape index (κ1) is 22.5. The molecular weight excluding hydrogens is 390 g/mol.